The molecule has 0 unspecified atom stereocenters. The van der Waals surface area contributed by atoms with E-state index in [0.29, 0.717) is 17.2 Å². The fourth-order valence-electron chi connectivity index (χ4n) is 4.17. The Kier molecular flexibility index (Phi) is 6.43. The summed E-state index contributed by atoms with van der Waals surface area (Å²) in [7, 11) is 2.83. The van der Waals surface area contributed by atoms with Crippen LogP contribution < -0.4 is 16.5 Å². The average Bonchev–Trinajstić information content (AvgIpc) is 3.50. The van der Waals surface area contributed by atoms with Gasteiger partial charge in [-0.05, 0) is 11.6 Å². The number of carbonyl (C=O) groups is 3. The summed E-state index contributed by atoms with van der Waals surface area (Å²) in [5.41, 5.74) is 9.27. The van der Waals surface area contributed by atoms with Crippen LogP contribution in [0.1, 0.15) is 5.69 Å². The number of ether oxygens (including phenoxy) is 1. The minimum Gasteiger partial charge on any atom is -0.481 e. The van der Waals surface area contributed by atoms with Gasteiger partial charge < -0.3 is 30.6 Å². The van der Waals surface area contributed by atoms with E-state index in [1.54, 1.807) is 36.0 Å². The lowest BCUT2D eigenvalue weighted by atomic mass is 10.0. The van der Waals surface area contributed by atoms with Crippen molar-refractivity contribution in [2.75, 3.05) is 32.3 Å². The number of anilines is 1. The average molecular weight is 547 g/mol. The summed E-state index contributed by atoms with van der Waals surface area (Å²) < 4.78 is 5.19. The Morgan fingerprint density at radius 3 is 2.84 bits per heavy atom. The van der Waals surface area contributed by atoms with Gasteiger partial charge in [-0.1, -0.05) is 5.16 Å². The largest absolute Gasteiger partial charge is 0.481 e. The number of hydrogen-bond acceptors (Lipinski definition) is 13. The van der Waals surface area contributed by atoms with E-state index in [9.17, 15) is 19.5 Å². The minimum absolute atomic E-state index is 0.0818. The highest BCUT2D eigenvalue weighted by Gasteiger charge is 2.54. The van der Waals surface area contributed by atoms with Crippen LogP contribution >= 0.6 is 23.1 Å². The number of rotatable bonds is 8. The molecule has 0 bridgehead atoms. The standard InChI is InChI=1S/C21H22N8O6S2/c1-34-12-3-4-13-27(5-6-28(13)25-12)7-10-8-36-19-15(18(31)29(19)16(10)20(32)33)24-17(30)14(26-35-2)11-9-37-21(22)23-11/h3-6,9,15,19,25H,7-8H2,1-2H3,(H2,22,23)(H,24,30)(H,32,33)/b26-14-/t15-,19+/m1/s1. The van der Waals surface area contributed by atoms with Crippen LogP contribution in [-0.2, 0) is 24.0 Å². The van der Waals surface area contributed by atoms with Gasteiger partial charge in [-0.15, -0.1) is 23.1 Å². The molecule has 0 aliphatic carbocycles. The highest BCUT2D eigenvalue weighted by atomic mass is 32.2. The van der Waals surface area contributed by atoms with Gasteiger partial charge in [-0.3, -0.25) is 19.9 Å². The Morgan fingerprint density at radius 2 is 2.16 bits per heavy atom. The number of hydrazine groups is 1. The van der Waals surface area contributed by atoms with Crippen molar-refractivity contribution in [3.05, 3.63) is 58.6 Å². The number of aliphatic carboxylic acids is 1. The molecule has 5 N–H and O–H groups in total. The summed E-state index contributed by atoms with van der Waals surface area (Å²) in [6, 6.07) is -0.934. The summed E-state index contributed by atoms with van der Waals surface area (Å²) in [5.74, 6) is -0.727. The van der Waals surface area contributed by atoms with Gasteiger partial charge in [0.25, 0.3) is 11.8 Å². The number of aromatic nitrogens is 1. The number of nitrogens with two attached hydrogens (primary N) is 1. The molecule has 2 amide bonds. The second-order valence-electron chi connectivity index (χ2n) is 7.98. The zero-order chi connectivity index (χ0) is 26.3. The van der Waals surface area contributed by atoms with Crippen LogP contribution in [0.15, 0.2) is 58.1 Å². The molecule has 37 heavy (non-hydrogen) atoms. The first-order chi connectivity index (χ1) is 17.8. The van der Waals surface area contributed by atoms with E-state index in [0.717, 1.165) is 17.2 Å². The normalized spacial score (nSPS) is 22.5. The minimum atomic E-state index is -1.21. The van der Waals surface area contributed by atoms with Gasteiger partial charge in [-0.25, -0.2) is 14.8 Å². The number of oxime groups is 1. The van der Waals surface area contributed by atoms with Crippen LogP contribution in [0.2, 0.25) is 0 Å². The number of fused-ring (bicyclic) bond motifs is 2. The molecule has 2 atom stereocenters. The van der Waals surface area contributed by atoms with Crippen LogP contribution in [-0.4, -0.2) is 86.3 Å². The lowest BCUT2D eigenvalue weighted by Crippen LogP contribution is -2.71. The number of thioether (sulfide) groups is 1. The molecular formula is C21H22N8O6S2. The van der Waals surface area contributed by atoms with Crippen molar-refractivity contribution < 1.29 is 29.1 Å². The number of allylic oxidation sites excluding steroid dienone is 2. The maximum absolute atomic E-state index is 13.1. The smallest absolute Gasteiger partial charge is 0.352 e. The Balaban J connectivity index is 1.33. The number of amides is 2. The van der Waals surface area contributed by atoms with Crippen molar-refractivity contribution in [1.29, 1.82) is 0 Å². The van der Waals surface area contributed by atoms with Gasteiger partial charge >= 0.3 is 5.97 Å². The Morgan fingerprint density at radius 1 is 1.35 bits per heavy atom. The number of nitrogens with zero attached hydrogens (tertiary/aromatic N) is 5. The molecule has 1 aromatic rings. The van der Waals surface area contributed by atoms with Crippen molar-refractivity contribution in [1.82, 2.24) is 30.5 Å². The van der Waals surface area contributed by atoms with Crippen molar-refractivity contribution in [3.8, 4) is 0 Å². The van der Waals surface area contributed by atoms with Crippen LogP contribution in [0.25, 0.3) is 0 Å². The SMILES string of the molecule is CO/N=C(\C(=O)N[C@@H]1C(=O)N2C(C(=O)O)=C(CN3C=CN4NC(OC)=CC=C34)CS[C@@H]12)c1csc(N)n1. The summed E-state index contributed by atoms with van der Waals surface area (Å²) in [5, 5.41) is 19.3. The molecule has 5 heterocycles. The fourth-order valence-corrected chi connectivity index (χ4v) is 6.06. The van der Waals surface area contributed by atoms with Crippen molar-refractivity contribution in [3.63, 3.8) is 0 Å². The fraction of sp³-hybridized carbons (Fsp3) is 0.286. The Hall–Kier alpha value is -4.18. The van der Waals surface area contributed by atoms with E-state index in [1.165, 1.54) is 23.8 Å². The number of thiazole rings is 1. The van der Waals surface area contributed by atoms with Gasteiger partial charge in [0.1, 0.15) is 35.7 Å². The van der Waals surface area contributed by atoms with Crippen LogP contribution in [0.3, 0.4) is 0 Å². The first-order valence-corrected chi connectivity index (χ1v) is 12.8. The molecule has 4 aliphatic heterocycles. The van der Waals surface area contributed by atoms with Gasteiger partial charge in [0.2, 0.25) is 5.88 Å². The van der Waals surface area contributed by atoms with Gasteiger partial charge in [0.05, 0.1) is 7.11 Å². The lowest BCUT2D eigenvalue weighted by Gasteiger charge is -2.49. The molecule has 194 valence electrons. The monoisotopic (exact) mass is 546 g/mol. The first-order valence-electron chi connectivity index (χ1n) is 10.8. The second kappa shape index (κ2) is 9.70. The first kappa shape index (κ1) is 24.5. The topological polar surface area (TPSA) is 175 Å². The molecule has 0 saturated carbocycles. The molecule has 1 aromatic heterocycles. The van der Waals surface area contributed by atoms with E-state index < -0.39 is 29.2 Å². The van der Waals surface area contributed by atoms with E-state index >= 15 is 0 Å². The van der Waals surface area contributed by atoms with Gasteiger partial charge in [0.15, 0.2) is 10.8 Å². The summed E-state index contributed by atoms with van der Waals surface area (Å²) in [4.78, 5) is 50.1. The van der Waals surface area contributed by atoms with E-state index in [1.807, 2.05) is 11.0 Å². The van der Waals surface area contributed by atoms with Crippen LogP contribution in [0.4, 0.5) is 5.13 Å². The third kappa shape index (κ3) is 4.33. The number of carboxylic acids is 1. The molecule has 0 radical (unpaired) electrons. The maximum Gasteiger partial charge on any atom is 0.352 e. The summed E-state index contributed by atoms with van der Waals surface area (Å²) in [6.07, 6.45) is 7.19. The van der Waals surface area contributed by atoms with E-state index in [2.05, 4.69) is 20.9 Å². The third-order valence-electron chi connectivity index (χ3n) is 5.83. The molecule has 4 aliphatic rings. The second-order valence-corrected chi connectivity index (χ2v) is 9.97. The van der Waals surface area contributed by atoms with Crippen molar-refractivity contribution in [2.45, 2.75) is 11.4 Å². The number of hydrogen-bond donors (Lipinski definition) is 4. The summed E-state index contributed by atoms with van der Waals surface area (Å²) in [6.45, 7) is 0.259. The third-order valence-corrected chi connectivity index (χ3v) is 7.84. The number of nitrogen functional groups attached to an aromatic ring is 1. The molecule has 14 nitrogen and oxygen atoms in total. The van der Waals surface area contributed by atoms with Gasteiger partial charge in [-0.2, -0.15) is 0 Å². The highest BCUT2D eigenvalue weighted by molar-refractivity contribution is 8.00. The molecular weight excluding hydrogens is 524 g/mol. The van der Waals surface area contributed by atoms with E-state index in [-0.39, 0.29) is 28.8 Å². The molecule has 0 spiro atoms. The highest BCUT2D eigenvalue weighted by Crippen LogP contribution is 2.41. The van der Waals surface area contributed by atoms with Crippen LogP contribution in [0, 0.1) is 0 Å². The van der Waals surface area contributed by atoms with Crippen molar-refractivity contribution in [2.24, 2.45) is 5.16 Å². The predicted molar refractivity (Wildman–Crippen MR) is 134 cm³/mol. The molecule has 1 fully saturated rings. The van der Waals surface area contributed by atoms with Gasteiger partial charge in [0, 0.05) is 36.2 Å². The Bertz CT molecular complexity index is 1320. The quantitative estimate of drug-likeness (QED) is 0.191. The number of β-lactam (4-membered cyclic amide) rings is 1. The number of carboxylic acid groups (broad SMARTS) is 1. The molecule has 5 rings (SSSR count). The van der Waals surface area contributed by atoms with Crippen molar-refractivity contribution >= 4 is 51.7 Å². The summed E-state index contributed by atoms with van der Waals surface area (Å²) >= 11 is 2.50. The molecule has 16 heteroatoms. The zero-order valence-corrected chi connectivity index (χ0v) is 21.2. The zero-order valence-electron chi connectivity index (χ0n) is 19.6. The van der Waals surface area contributed by atoms with E-state index in [4.69, 9.17) is 15.3 Å². The molecule has 0 aromatic carbocycles. The number of methoxy groups -OCH3 is 1. The lowest BCUT2D eigenvalue weighted by molar-refractivity contribution is -0.150. The molecule has 1 saturated heterocycles. The number of nitrogens with one attached hydrogen (secondary N) is 2. The Labute approximate surface area is 218 Å². The predicted octanol–water partition coefficient (Wildman–Crippen LogP) is -0.249. The maximum atomic E-state index is 13.1. The number of carbonyl (C=O) groups excluding carboxylic acids is 2. The van der Waals surface area contributed by atoms with Crippen LogP contribution in [0.5, 0.6) is 0 Å².